The molecule has 0 aliphatic heterocycles. The number of phenolic OH excluding ortho intramolecular Hbond substituents is 2. The molecule has 4 aromatic rings. The Kier molecular flexibility index (Phi) is 4.86. The molecular weight excluding hydrogens is 397 g/mol. The molecule has 2 N–H and O–H groups in total. The van der Waals surface area contributed by atoms with Crippen LogP contribution in [0.2, 0.25) is 10.0 Å². The first-order valence-corrected chi connectivity index (χ1v) is 9.06. The molecule has 28 heavy (non-hydrogen) atoms. The van der Waals surface area contributed by atoms with Crippen molar-refractivity contribution in [3.8, 4) is 45.7 Å². The standard InChI is InChI=1S/C21H13Cl2N3O2/c22-13-6-8-17(27)15(10-13)20-24-19(12-4-2-1-3-5-12)25-21(26-20)16-11-14(23)7-9-18(16)28/h1-11,27-28H. The molecule has 0 bridgehead atoms. The maximum absolute atomic E-state index is 10.3. The average Bonchev–Trinajstić information content (AvgIpc) is 2.72. The second-order valence-corrected chi connectivity index (χ2v) is 6.87. The molecule has 5 nitrogen and oxygen atoms in total. The number of phenols is 2. The third kappa shape index (κ3) is 3.63. The van der Waals surface area contributed by atoms with E-state index in [0.717, 1.165) is 5.56 Å². The molecule has 7 heteroatoms. The minimum absolute atomic E-state index is 0.0177. The van der Waals surface area contributed by atoms with Gasteiger partial charge in [-0.2, -0.15) is 0 Å². The molecule has 0 saturated carbocycles. The summed E-state index contributed by atoms with van der Waals surface area (Å²) in [6, 6.07) is 18.6. The number of hydrogen-bond donors (Lipinski definition) is 2. The van der Waals surface area contributed by atoms with Gasteiger partial charge in [-0.05, 0) is 36.4 Å². The van der Waals surface area contributed by atoms with Gasteiger partial charge in [-0.1, -0.05) is 53.5 Å². The van der Waals surface area contributed by atoms with Crippen molar-refractivity contribution in [1.82, 2.24) is 15.0 Å². The SMILES string of the molecule is Oc1ccc(Cl)cc1-c1nc(-c2ccccc2)nc(-c2cc(Cl)ccc2O)n1. The number of benzene rings is 3. The molecule has 0 spiro atoms. The molecule has 3 aromatic carbocycles. The second-order valence-electron chi connectivity index (χ2n) is 6.00. The van der Waals surface area contributed by atoms with Gasteiger partial charge in [0.25, 0.3) is 0 Å². The molecule has 0 radical (unpaired) electrons. The van der Waals surface area contributed by atoms with Crippen molar-refractivity contribution in [2.24, 2.45) is 0 Å². The van der Waals surface area contributed by atoms with Crippen LogP contribution in [-0.2, 0) is 0 Å². The van der Waals surface area contributed by atoms with Crippen LogP contribution in [0.25, 0.3) is 34.2 Å². The van der Waals surface area contributed by atoms with E-state index in [2.05, 4.69) is 15.0 Å². The van der Waals surface area contributed by atoms with Crippen molar-refractivity contribution in [3.05, 3.63) is 76.8 Å². The van der Waals surface area contributed by atoms with Gasteiger partial charge in [0.05, 0.1) is 11.1 Å². The molecule has 1 heterocycles. The first-order chi connectivity index (χ1) is 13.5. The maximum Gasteiger partial charge on any atom is 0.167 e. The quantitative estimate of drug-likeness (QED) is 0.460. The van der Waals surface area contributed by atoms with Gasteiger partial charge in [0, 0.05) is 15.6 Å². The summed E-state index contributed by atoms with van der Waals surface area (Å²) in [6.45, 7) is 0. The third-order valence-electron chi connectivity index (χ3n) is 4.07. The van der Waals surface area contributed by atoms with Crippen LogP contribution >= 0.6 is 23.2 Å². The zero-order valence-electron chi connectivity index (χ0n) is 14.3. The minimum Gasteiger partial charge on any atom is -0.507 e. The van der Waals surface area contributed by atoms with E-state index in [0.29, 0.717) is 27.0 Å². The zero-order chi connectivity index (χ0) is 19.7. The van der Waals surface area contributed by atoms with Crippen LogP contribution in [0.15, 0.2) is 66.7 Å². The second kappa shape index (κ2) is 7.46. The van der Waals surface area contributed by atoms with Gasteiger partial charge >= 0.3 is 0 Å². The highest BCUT2D eigenvalue weighted by molar-refractivity contribution is 6.31. The van der Waals surface area contributed by atoms with Gasteiger partial charge in [-0.15, -0.1) is 0 Å². The van der Waals surface area contributed by atoms with E-state index >= 15 is 0 Å². The summed E-state index contributed by atoms with van der Waals surface area (Å²) in [5, 5.41) is 21.4. The van der Waals surface area contributed by atoms with Gasteiger partial charge in [-0.3, -0.25) is 0 Å². The summed E-state index contributed by atoms with van der Waals surface area (Å²) in [4.78, 5) is 13.4. The van der Waals surface area contributed by atoms with Crippen LogP contribution in [0.1, 0.15) is 0 Å². The van der Waals surface area contributed by atoms with Crippen LogP contribution in [0, 0.1) is 0 Å². The summed E-state index contributed by atoms with van der Waals surface area (Å²) in [7, 11) is 0. The lowest BCUT2D eigenvalue weighted by Crippen LogP contribution is -2.00. The highest BCUT2D eigenvalue weighted by atomic mass is 35.5. The van der Waals surface area contributed by atoms with Gasteiger partial charge in [-0.25, -0.2) is 15.0 Å². The molecule has 0 unspecified atom stereocenters. The monoisotopic (exact) mass is 409 g/mol. The normalized spacial score (nSPS) is 10.8. The smallest absolute Gasteiger partial charge is 0.167 e. The average molecular weight is 410 g/mol. The van der Waals surface area contributed by atoms with Crippen LogP contribution in [0.4, 0.5) is 0 Å². The number of aromatic hydroxyl groups is 2. The number of nitrogens with zero attached hydrogens (tertiary/aromatic N) is 3. The molecule has 0 fully saturated rings. The molecule has 0 aliphatic rings. The van der Waals surface area contributed by atoms with E-state index in [1.165, 1.54) is 12.1 Å². The van der Waals surface area contributed by atoms with Crippen molar-refractivity contribution in [3.63, 3.8) is 0 Å². The number of hydrogen-bond acceptors (Lipinski definition) is 5. The summed E-state index contributed by atoms with van der Waals surface area (Å²) in [6.07, 6.45) is 0. The topological polar surface area (TPSA) is 79.1 Å². The Morgan fingerprint density at radius 3 is 1.54 bits per heavy atom. The minimum atomic E-state index is -0.0177. The van der Waals surface area contributed by atoms with Crippen molar-refractivity contribution in [1.29, 1.82) is 0 Å². The summed E-state index contributed by atoms with van der Waals surface area (Å²) < 4.78 is 0. The van der Waals surface area contributed by atoms with E-state index in [1.54, 1.807) is 24.3 Å². The Bertz CT molecular complexity index is 1100. The van der Waals surface area contributed by atoms with Gasteiger partial charge in [0.15, 0.2) is 17.5 Å². The maximum atomic E-state index is 10.3. The Morgan fingerprint density at radius 2 is 1.04 bits per heavy atom. The predicted molar refractivity (Wildman–Crippen MR) is 109 cm³/mol. The summed E-state index contributed by atoms with van der Waals surface area (Å²) >= 11 is 12.2. The highest BCUT2D eigenvalue weighted by Gasteiger charge is 2.17. The molecule has 0 saturated heterocycles. The lowest BCUT2D eigenvalue weighted by atomic mass is 10.1. The van der Waals surface area contributed by atoms with Crippen molar-refractivity contribution < 1.29 is 10.2 Å². The Hall–Kier alpha value is -3.15. The Balaban J connectivity index is 1.99. The third-order valence-corrected chi connectivity index (χ3v) is 4.54. The van der Waals surface area contributed by atoms with Crippen LogP contribution in [0.3, 0.4) is 0 Å². The van der Waals surface area contributed by atoms with E-state index in [4.69, 9.17) is 23.2 Å². The Morgan fingerprint density at radius 1 is 0.571 bits per heavy atom. The molecule has 0 atom stereocenters. The molecule has 0 aliphatic carbocycles. The zero-order valence-corrected chi connectivity index (χ0v) is 15.9. The fourth-order valence-electron chi connectivity index (χ4n) is 2.71. The van der Waals surface area contributed by atoms with E-state index in [-0.39, 0.29) is 23.1 Å². The van der Waals surface area contributed by atoms with Crippen molar-refractivity contribution in [2.75, 3.05) is 0 Å². The lowest BCUT2D eigenvalue weighted by Gasteiger charge is -2.10. The fourth-order valence-corrected chi connectivity index (χ4v) is 3.05. The van der Waals surface area contributed by atoms with Crippen LogP contribution in [-0.4, -0.2) is 25.2 Å². The molecule has 138 valence electrons. The van der Waals surface area contributed by atoms with Crippen molar-refractivity contribution >= 4 is 23.2 Å². The number of rotatable bonds is 3. The highest BCUT2D eigenvalue weighted by Crippen LogP contribution is 2.34. The van der Waals surface area contributed by atoms with E-state index in [1.807, 2.05) is 30.3 Å². The lowest BCUT2D eigenvalue weighted by molar-refractivity contribution is 0.477. The van der Waals surface area contributed by atoms with Gasteiger partial charge in [0.2, 0.25) is 0 Å². The summed E-state index contributed by atoms with van der Waals surface area (Å²) in [5.41, 5.74) is 1.47. The molecule has 0 amide bonds. The van der Waals surface area contributed by atoms with Crippen molar-refractivity contribution in [2.45, 2.75) is 0 Å². The van der Waals surface area contributed by atoms with Gasteiger partial charge < -0.3 is 10.2 Å². The van der Waals surface area contributed by atoms with Gasteiger partial charge in [0.1, 0.15) is 11.5 Å². The summed E-state index contributed by atoms with van der Waals surface area (Å²) in [5.74, 6) is 0.803. The molecule has 1 aromatic heterocycles. The number of aromatic nitrogens is 3. The van der Waals surface area contributed by atoms with E-state index in [9.17, 15) is 10.2 Å². The van der Waals surface area contributed by atoms with Crippen LogP contribution < -0.4 is 0 Å². The first kappa shape index (κ1) is 18.2. The largest absolute Gasteiger partial charge is 0.507 e. The van der Waals surface area contributed by atoms with E-state index < -0.39 is 0 Å². The fraction of sp³-hybridized carbons (Fsp3) is 0. The molecular formula is C21H13Cl2N3O2. The molecule has 4 rings (SSSR count). The number of halogens is 2. The first-order valence-electron chi connectivity index (χ1n) is 8.30. The predicted octanol–water partition coefficient (Wildman–Crippen LogP) is 5.59. The Labute approximate surface area is 170 Å². The van der Waals surface area contributed by atoms with Crippen LogP contribution in [0.5, 0.6) is 11.5 Å².